The van der Waals surface area contributed by atoms with Crippen LogP contribution in [0.25, 0.3) is 0 Å². The van der Waals surface area contributed by atoms with Crippen LogP contribution in [0.4, 0.5) is 17.3 Å². The predicted octanol–water partition coefficient (Wildman–Crippen LogP) is 2.66. The molecule has 20 heavy (non-hydrogen) atoms. The summed E-state index contributed by atoms with van der Waals surface area (Å²) < 4.78 is 0.444. The minimum absolute atomic E-state index is 0.0992. The van der Waals surface area contributed by atoms with Crippen LogP contribution in [0, 0.1) is 10.1 Å². The van der Waals surface area contributed by atoms with E-state index in [0.29, 0.717) is 21.9 Å². The van der Waals surface area contributed by atoms with Gasteiger partial charge in [0.15, 0.2) is 5.82 Å². The third-order valence-electron chi connectivity index (χ3n) is 3.07. The molecule has 8 nitrogen and oxygen atoms in total. The zero-order valence-corrected chi connectivity index (χ0v) is 12.5. The Bertz CT molecular complexity index is 654. The van der Waals surface area contributed by atoms with E-state index in [1.54, 1.807) is 0 Å². The number of H-pyrrole nitrogens is 1. The number of nitrogens with one attached hydrogen (secondary N) is 2. The summed E-state index contributed by atoms with van der Waals surface area (Å²) in [6.07, 6.45) is 3.64. The number of halogens is 1. The maximum Gasteiger partial charge on any atom is 0.333 e. The fourth-order valence-corrected chi connectivity index (χ4v) is 2.48. The van der Waals surface area contributed by atoms with Gasteiger partial charge in [-0.25, -0.2) is 9.97 Å². The van der Waals surface area contributed by atoms with Gasteiger partial charge in [-0.1, -0.05) is 22.6 Å². The molecule has 0 spiro atoms. The van der Waals surface area contributed by atoms with E-state index in [2.05, 4.69) is 25.5 Å². The highest BCUT2D eigenvalue weighted by Crippen LogP contribution is 2.40. The highest BCUT2D eigenvalue weighted by atomic mass is 127. The summed E-state index contributed by atoms with van der Waals surface area (Å²) in [6, 6.07) is 1.87. The topological polar surface area (TPSA) is 110 Å². The molecule has 0 aromatic carbocycles. The van der Waals surface area contributed by atoms with E-state index in [9.17, 15) is 10.1 Å². The van der Waals surface area contributed by atoms with Gasteiger partial charge in [-0.3, -0.25) is 15.2 Å². The molecule has 9 heteroatoms. The zero-order valence-electron chi connectivity index (χ0n) is 10.3. The number of aromatic amines is 1. The van der Waals surface area contributed by atoms with Crippen LogP contribution < -0.4 is 5.32 Å². The summed E-state index contributed by atoms with van der Waals surface area (Å²) in [5, 5.41) is 21.1. The van der Waals surface area contributed by atoms with Crippen molar-refractivity contribution in [3.8, 4) is 0 Å². The van der Waals surface area contributed by atoms with Crippen molar-refractivity contribution >= 4 is 39.9 Å². The van der Waals surface area contributed by atoms with Crippen molar-refractivity contribution in [1.82, 2.24) is 20.2 Å². The van der Waals surface area contributed by atoms with Crippen LogP contribution in [-0.2, 0) is 4.43 Å². The number of nitro groups is 1. The first-order valence-electron chi connectivity index (χ1n) is 6.05. The molecule has 2 heterocycles. The minimum Gasteiger partial charge on any atom is -0.318 e. The predicted molar refractivity (Wildman–Crippen MR) is 80.3 cm³/mol. The summed E-state index contributed by atoms with van der Waals surface area (Å²) in [5.74, 6) is 1.25. The Hall–Kier alpha value is -1.78. The fraction of sp³-hybridized carbons (Fsp3) is 0.364. The zero-order chi connectivity index (χ0) is 14.1. The van der Waals surface area contributed by atoms with Crippen molar-refractivity contribution in [2.24, 2.45) is 0 Å². The largest absolute Gasteiger partial charge is 0.333 e. The molecule has 0 aliphatic heterocycles. The smallest absolute Gasteiger partial charge is 0.318 e. The Labute approximate surface area is 127 Å². The molecule has 104 valence electrons. The molecule has 0 amide bonds. The van der Waals surface area contributed by atoms with Gasteiger partial charge in [0.05, 0.1) is 4.92 Å². The quantitative estimate of drug-likeness (QED) is 0.354. The Balaban J connectivity index is 1.90. The lowest BCUT2D eigenvalue weighted by molar-refractivity contribution is -0.385. The molecule has 1 aliphatic rings. The lowest BCUT2D eigenvalue weighted by Crippen LogP contribution is -2.04. The number of rotatable bonds is 5. The fourth-order valence-electron chi connectivity index (χ4n) is 1.92. The molecule has 1 fully saturated rings. The molecule has 0 bridgehead atoms. The maximum atomic E-state index is 11.2. The summed E-state index contributed by atoms with van der Waals surface area (Å²) in [6.45, 7) is 0. The van der Waals surface area contributed by atoms with Gasteiger partial charge in [0.2, 0.25) is 5.82 Å². The van der Waals surface area contributed by atoms with Crippen molar-refractivity contribution in [3.05, 3.63) is 33.9 Å². The number of hydrogen-bond donors (Lipinski definition) is 2. The van der Waals surface area contributed by atoms with E-state index >= 15 is 0 Å². The van der Waals surface area contributed by atoms with Crippen molar-refractivity contribution in [2.45, 2.75) is 23.2 Å². The van der Waals surface area contributed by atoms with Gasteiger partial charge in [-0.05, 0) is 12.8 Å². The van der Waals surface area contributed by atoms with E-state index in [-0.39, 0.29) is 11.5 Å². The maximum absolute atomic E-state index is 11.2. The van der Waals surface area contributed by atoms with E-state index in [4.69, 9.17) is 0 Å². The highest BCUT2D eigenvalue weighted by Gasteiger charge is 2.26. The molecule has 0 atom stereocenters. The van der Waals surface area contributed by atoms with Crippen LogP contribution in [-0.4, -0.2) is 25.1 Å². The highest BCUT2D eigenvalue weighted by molar-refractivity contribution is 14.1. The van der Waals surface area contributed by atoms with E-state index in [1.165, 1.54) is 6.33 Å². The SMILES string of the molecule is O=[N+]([O-])c1c(CI)ncnc1Nc1cc(C2CC2)[nH]n1. The number of nitrogens with zero attached hydrogens (tertiary/aromatic N) is 4. The standard InChI is InChI=1S/C11H11IN6O2/c12-4-8-10(18(19)20)11(14-5-13-8)15-9-3-7(16-17-9)6-1-2-6/h3,5-6H,1-2,4H2,(H2,13,14,15,16,17). The van der Waals surface area contributed by atoms with Gasteiger partial charge in [0.1, 0.15) is 12.0 Å². The number of anilines is 2. The molecular formula is C11H11IN6O2. The number of aromatic nitrogens is 4. The van der Waals surface area contributed by atoms with Gasteiger partial charge in [-0.15, -0.1) is 0 Å². The summed E-state index contributed by atoms with van der Waals surface area (Å²) >= 11 is 2.04. The average Bonchev–Trinajstić information content (AvgIpc) is 3.19. The average molecular weight is 386 g/mol. The monoisotopic (exact) mass is 386 g/mol. The Morgan fingerprint density at radius 2 is 2.30 bits per heavy atom. The van der Waals surface area contributed by atoms with Crippen LogP contribution >= 0.6 is 22.6 Å². The van der Waals surface area contributed by atoms with Crippen molar-refractivity contribution in [2.75, 3.05) is 5.32 Å². The molecule has 1 saturated carbocycles. The second-order valence-corrected chi connectivity index (χ2v) is 5.28. The van der Waals surface area contributed by atoms with Crippen LogP contribution in [0.3, 0.4) is 0 Å². The van der Waals surface area contributed by atoms with Crippen molar-refractivity contribution in [1.29, 1.82) is 0 Å². The first-order chi connectivity index (χ1) is 9.69. The molecule has 2 aromatic heterocycles. The lowest BCUT2D eigenvalue weighted by Gasteiger charge is -2.04. The van der Waals surface area contributed by atoms with Gasteiger partial charge >= 0.3 is 5.69 Å². The summed E-state index contributed by atoms with van der Waals surface area (Å²) in [5.41, 5.74) is 1.35. The van der Waals surface area contributed by atoms with Crippen LogP contribution in [0.5, 0.6) is 0 Å². The molecule has 1 aliphatic carbocycles. The Morgan fingerprint density at radius 3 is 2.95 bits per heavy atom. The van der Waals surface area contributed by atoms with Crippen LogP contribution in [0.1, 0.15) is 30.1 Å². The molecule has 3 rings (SSSR count). The van der Waals surface area contributed by atoms with Gasteiger partial charge < -0.3 is 5.32 Å². The second-order valence-electron chi connectivity index (χ2n) is 4.52. The molecule has 2 N–H and O–H groups in total. The van der Waals surface area contributed by atoms with Crippen LogP contribution in [0.2, 0.25) is 0 Å². The van der Waals surface area contributed by atoms with E-state index < -0.39 is 4.92 Å². The van der Waals surface area contributed by atoms with Crippen molar-refractivity contribution < 1.29 is 4.92 Å². The number of hydrogen-bond acceptors (Lipinski definition) is 6. The molecule has 2 aromatic rings. The van der Waals surface area contributed by atoms with Gasteiger partial charge in [0, 0.05) is 22.1 Å². The third-order valence-corrected chi connectivity index (χ3v) is 3.79. The molecular weight excluding hydrogens is 375 g/mol. The molecule has 0 unspecified atom stereocenters. The Kier molecular flexibility index (Phi) is 3.51. The minimum atomic E-state index is -0.467. The second kappa shape index (κ2) is 5.31. The normalized spacial score (nSPS) is 14.2. The van der Waals surface area contributed by atoms with E-state index in [1.807, 2.05) is 28.7 Å². The lowest BCUT2D eigenvalue weighted by atomic mass is 10.3. The Morgan fingerprint density at radius 1 is 1.50 bits per heavy atom. The van der Waals surface area contributed by atoms with Gasteiger partial charge in [-0.2, -0.15) is 5.10 Å². The first-order valence-corrected chi connectivity index (χ1v) is 7.58. The third kappa shape index (κ3) is 2.57. The first kappa shape index (κ1) is 13.2. The van der Waals surface area contributed by atoms with Crippen molar-refractivity contribution in [3.63, 3.8) is 0 Å². The van der Waals surface area contributed by atoms with Gasteiger partial charge in [0.25, 0.3) is 0 Å². The summed E-state index contributed by atoms with van der Waals surface area (Å²) in [4.78, 5) is 18.6. The number of alkyl halides is 1. The van der Waals surface area contributed by atoms with E-state index in [0.717, 1.165) is 18.5 Å². The molecule has 0 saturated heterocycles. The van der Waals surface area contributed by atoms with Crippen LogP contribution in [0.15, 0.2) is 12.4 Å². The molecule has 0 radical (unpaired) electrons. The summed E-state index contributed by atoms with van der Waals surface area (Å²) in [7, 11) is 0.